The zero-order chi connectivity index (χ0) is 9.26. The van der Waals surface area contributed by atoms with Gasteiger partial charge in [0.2, 0.25) is 0 Å². The van der Waals surface area contributed by atoms with Crippen molar-refractivity contribution in [3.63, 3.8) is 0 Å². The van der Waals surface area contributed by atoms with Crippen molar-refractivity contribution in [1.29, 1.82) is 0 Å². The van der Waals surface area contributed by atoms with Crippen LogP contribution in [-0.2, 0) is 0 Å². The molecule has 13 heavy (non-hydrogen) atoms. The molecule has 1 heterocycles. The zero-order valence-electron chi connectivity index (χ0n) is 7.30. The summed E-state index contributed by atoms with van der Waals surface area (Å²) in [6.45, 7) is 2.77. The van der Waals surface area contributed by atoms with Crippen LogP contribution in [0.4, 0.5) is 10.3 Å². The Labute approximate surface area is 75.4 Å². The molecule has 0 radical (unpaired) electrons. The monoisotopic (exact) mass is 179 g/mol. The van der Waals surface area contributed by atoms with E-state index in [4.69, 9.17) is 4.42 Å². The van der Waals surface area contributed by atoms with Gasteiger partial charge in [-0.25, -0.2) is 4.39 Å². The van der Waals surface area contributed by atoms with E-state index in [1.807, 2.05) is 6.92 Å². The molecule has 3 heteroatoms. The Kier molecular flexibility index (Phi) is 1.93. The lowest BCUT2D eigenvalue weighted by molar-refractivity contribution is 0.617. The van der Waals surface area contributed by atoms with E-state index in [0.717, 1.165) is 11.9 Å². The van der Waals surface area contributed by atoms with Crippen LogP contribution in [0.1, 0.15) is 6.92 Å². The van der Waals surface area contributed by atoms with Gasteiger partial charge in [-0.2, -0.15) is 0 Å². The number of hydrogen-bond donors (Lipinski definition) is 1. The van der Waals surface area contributed by atoms with E-state index in [-0.39, 0.29) is 5.82 Å². The summed E-state index contributed by atoms with van der Waals surface area (Å²) in [6, 6.07) is 6.27. The number of fused-ring (bicyclic) bond motifs is 1. The minimum Gasteiger partial charge on any atom is -0.441 e. The fraction of sp³-hybridized carbons (Fsp3) is 0.200. The van der Waals surface area contributed by atoms with Crippen molar-refractivity contribution in [3.8, 4) is 0 Å². The highest BCUT2D eigenvalue weighted by atomic mass is 19.1. The quantitative estimate of drug-likeness (QED) is 0.766. The minimum absolute atomic E-state index is 0.239. The van der Waals surface area contributed by atoms with Crippen molar-refractivity contribution in [1.82, 2.24) is 0 Å². The van der Waals surface area contributed by atoms with Gasteiger partial charge in [-0.3, -0.25) is 0 Å². The second-order valence-electron chi connectivity index (χ2n) is 2.82. The molecule has 2 rings (SSSR count). The van der Waals surface area contributed by atoms with Crippen molar-refractivity contribution < 1.29 is 8.81 Å². The predicted octanol–water partition coefficient (Wildman–Crippen LogP) is 3.00. The van der Waals surface area contributed by atoms with E-state index < -0.39 is 0 Å². The molecule has 1 aromatic carbocycles. The number of halogens is 1. The van der Waals surface area contributed by atoms with Gasteiger partial charge in [0, 0.05) is 18.0 Å². The Balaban J connectivity index is 2.49. The Morgan fingerprint density at radius 1 is 1.38 bits per heavy atom. The van der Waals surface area contributed by atoms with Crippen LogP contribution >= 0.6 is 0 Å². The first-order valence-electron chi connectivity index (χ1n) is 4.22. The molecule has 0 aliphatic rings. The third kappa shape index (κ3) is 1.49. The van der Waals surface area contributed by atoms with E-state index in [9.17, 15) is 4.39 Å². The Bertz CT molecular complexity index is 422. The molecule has 68 valence electrons. The van der Waals surface area contributed by atoms with Crippen LogP contribution in [0.15, 0.2) is 28.7 Å². The highest BCUT2D eigenvalue weighted by molar-refractivity contribution is 5.80. The highest BCUT2D eigenvalue weighted by Crippen LogP contribution is 2.23. The first-order chi connectivity index (χ1) is 6.29. The second kappa shape index (κ2) is 3.09. The maximum atomic E-state index is 12.8. The average molecular weight is 179 g/mol. The van der Waals surface area contributed by atoms with Gasteiger partial charge in [-0.15, -0.1) is 0 Å². The van der Waals surface area contributed by atoms with E-state index in [1.54, 1.807) is 12.1 Å². The SMILES string of the molecule is CCNc1cc2cc(F)ccc2o1. The maximum absolute atomic E-state index is 12.8. The van der Waals surface area contributed by atoms with Gasteiger partial charge in [0.15, 0.2) is 5.88 Å². The van der Waals surface area contributed by atoms with E-state index in [2.05, 4.69) is 5.32 Å². The Morgan fingerprint density at radius 3 is 3.00 bits per heavy atom. The molecule has 0 aliphatic heterocycles. The van der Waals surface area contributed by atoms with Gasteiger partial charge in [0.25, 0.3) is 0 Å². The third-order valence-corrected chi connectivity index (χ3v) is 1.83. The molecular weight excluding hydrogens is 169 g/mol. The van der Waals surface area contributed by atoms with Gasteiger partial charge in [0.05, 0.1) is 0 Å². The fourth-order valence-electron chi connectivity index (χ4n) is 1.28. The van der Waals surface area contributed by atoms with Crippen molar-refractivity contribution in [3.05, 3.63) is 30.1 Å². The Morgan fingerprint density at radius 2 is 2.23 bits per heavy atom. The molecule has 2 aromatic rings. The lowest BCUT2D eigenvalue weighted by Crippen LogP contribution is -1.93. The lowest BCUT2D eigenvalue weighted by atomic mass is 10.2. The van der Waals surface area contributed by atoms with Gasteiger partial charge < -0.3 is 9.73 Å². The van der Waals surface area contributed by atoms with Gasteiger partial charge in [-0.1, -0.05) is 0 Å². The Hall–Kier alpha value is -1.51. The molecular formula is C10H10FNO. The number of furan rings is 1. The zero-order valence-corrected chi connectivity index (χ0v) is 7.30. The smallest absolute Gasteiger partial charge is 0.194 e. The molecule has 0 fully saturated rings. The molecule has 0 atom stereocenters. The van der Waals surface area contributed by atoms with Crippen molar-refractivity contribution in [2.24, 2.45) is 0 Å². The molecule has 1 N–H and O–H groups in total. The van der Waals surface area contributed by atoms with E-state index in [1.165, 1.54) is 12.1 Å². The molecule has 0 unspecified atom stereocenters. The molecule has 1 aromatic heterocycles. The van der Waals surface area contributed by atoms with Crippen LogP contribution in [0.3, 0.4) is 0 Å². The summed E-state index contributed by atoms with van der Waals surface area (Å²) in [6.07, 6.45) is 0. The molecule has 0 saturated carbocycles. The van der Waals surface area contributed by atoms with Crippen LogP contribution in [0.2, 0.25) is 0 Å². The fourth-order valence-corrected chi connectivity index (χ4v) is 1.28. The minimum atomic E-state index is -0.239. The third-order valence-electron chi connectivity index (χ3n) is 1.83. The molecule has 0 aliphatic carbocycles. The van der Waals surface area contributed by atoms with Crippen LogP contribution in [-0.4, -0.2) is 6.54 Å². The summed E-state index contributed by atoms with van der Waals surface area (Å²) in [7, 11) is 0. The van der Waals surface area contributed by atoms with Gasteiger partial charge in [-0.05, 0) is 25.1 Å². The predicted molar refractivity (Wildman–Crippen MR) is 50.3 cm³/mol. The number of anilines is 1. The van der Waals surface area contributed by atoms with Crippen LogP contribution in [0.5, 0.6) is 0 Å². The number of benzene rings is 1. The van der Waals surface area contributed by atoms with Crippen molar-refractivity contribution in [2.75, 3.05) is 11.9 Å². The van der Waals surface area contributed by atoms with Gasteiger partial charge >= 0.3 is 0 Å². The summed E-state index contributed by atoms with van der Waals surface area (Å²) >= 11 is 0. The summed E-state index contributed by atoms with van der Waals surface area (Å²) in [5, 5.41) is 3.82. The standard InChI is InChI=1S/C10H10FNO/c1-2-12-10-6-7-5-8(11)3-4-9(7)13-10/h3-6,12H,2H2,1H3. The topological polar surface area (TPSA) is 25.2 Å². The first-order valence-corrected chi connectivity index (χ1v) is 4.22. The highest BCUT2D eigenvalue weighted by Gasteiger charge is 2.02. The number of hydrogen-bond acceptors (Lipinski definition) is 2. The second-order valence-corrected chi connectivity index (χ2v) is 2.82. The number of nitrogens with one attached hydrogen (secondary N) is 1. The van der Waals surface area contributed by atoms with Crippen LogP contribution in [0.25, 0.3) is 11.0 Å². The molecule has 0 saturated heterocycles. The summed E-state index contributed by atoms with van der Waals surface area (Å²) in [5.74, 6) is 0.444. The van der Waals surface area contributed by atoms with E-state index in [0.29, 0.717) is 11.5 Å². The lowest BCUT2D eigenvalue weighted by Gasteiger charge is -1.93. The summed E-state index contributed by atoms with van der Waals surface area (Å²) in [4.78, 5) is 0. The molecule has 2 nitrogen and oxygen atoms in total. The molecule has 0 spiro atoms. The summed E-state index contributed by atoms with van der Waals surface area (Å²) in [5.41, 5.74) is 0.706. The summed E-state index contributed by atoms with van der Waals surface area (Å²) < 4.78 is 18.2. The maximum Gasteiger partial charge on any atom is 0.194 e. The van der Waals surface area contributed by atoms with Gasteiger partial charge in [0.1, 0.15) is 11.4 Å². The molecule has 0 bridgehead atoms. The van der Waals surface area contributed by atoms with Crippen molar-refractivity contribution >= 4 is 16.9 Å². The first kappa shape index (κ1) is 8.10. The van der Waals surface area contributed by atoms with Crippen LogP contribution in [0, 0.1) is 5.82 Å². The molecule has 0 amide bonds. The van der Waals surface area contributed by atoms with E-state index >= 15 is 0 Å². The largest absolute Gasteiger partial charge is 0.441 e. The van der Waals surface area contributed by atoms with Crippen molar-refractivity contribution in [2.45, 2.75) is 6.92 Å². The normalized spacial score (nSPS) is 10.6. The average Bonchev–Trinajstić information content (AvgIpc) is 2.46. The van der Waals surface area contributed by atoms with Crippen LogP contribution < -0.4 is 5.32 Å². The number of rotatable bonds is 2.